The summed E-state index contributed by atoms with van der Waals surface area (Å²) in [5, 5.41) is 12.2. The summed E-state index contributed by atoms with van der Waals surface area (Å²) in [5.41, 5.74) is 1.20. The third kappa shape index (κ3) is 4.56. The van der Waals surface area contributed by atoms with E-state index >= 15 is 0 Å². The van der Waals surface area contributed by atoms with Crippen molar-refractivity contribution in [3.8, 4) is 0 Å². The van der Waals surface area contributed by atoms with Crippen LogP contribution in [0.15, 0.2) is 18.2 Å². The fourth-order valence-corrected chi connectivity index (χ4v) is 1.84. The molecule has 1 atom stereocenters. The molecule has 19 heavy (non-hydrogen) atoms. The molecule has 0 aromatic heterocycles. The van der Waals surface area contributed by atoms with Crippen molar-refractivity contribution in [2.45, 2.75) is 33.2 Å². The molecule has 0 unspecified atom stereocenters. The first-order valence-corrected chi connectivity index (χ1v) is 6.49. The Hall–Kier alpha value is -1.55. The molecule has 1 amide bonds. The summed E-state index contributed by atoms with van der Waals surface area (Å²) in [6, 6.07) is 3.98. The predicted molar refractivity (Wildman–Crippen MR) is 74.5 cm³/mol. The van der Waals surface area contributed by atoms with Gasteiger partial charge < -0.3 is 10.4 Å². The molecule has 1 aromatic carbocycles. The summed E-state index contributed by atoms with van der Waals surface area (Å²) in [7, 11) is 0. The Kier molecular flexibility index (Phi) is 5.36. The average Bonchev–Trinajstić information content (AvgIpc) is 2.31. The lowest BCUT2D eigenvalue weighted by Crippen LogP contribution is -2.41. The highest BCUT2D eigenvalue weighted by Crippen LogP contribution is 2.16. The standard InChI is InChI=1S/C14H18ClNO3/c1-8(2)6-12(14(18)19)16-13(17)10-4-5-11(15)9(3)7-10/h4-5,7-8,12H,6H2,1-3H3,(H,16,17)(H,18,19)/t12-/m1/s1. The molecule has 1 rings (SSSR count). The number of carbonyl (C=O) groups excluding carboxylic acids is 1. The fourth-order valence-electron chi connectivity index (χ4n) is 1.72. The summed E-state index contributed by atoms with van der Waals surface area (Å²) < 4.78 is 0. The normalized spacial score (nSPS) is 12.3. The van der Waals surface area contributed by atoms with E-state index in [1.165, 1.54) is 0 Å². The van der Waals surface area contributed by atoms with Crippen LogP contribution in [0.25, 0.3) is 0 Å². The van der Waals surface area contributed by atoms with Crippen LogP contribution in [-0.4, -0.2) is 23.0 Å². The summed E-state index contributed by atoms with van der Waals surface area (Å²) in [4.78, 5) is 23.1. The molecule has 0 saturated heterocycles. The van der Waals surface area contributed by atoms with Crippen LogP contribution in [0.4, 0.5) is 0 Å². The molecule has 0 bridgehead atoms. The number of hydrogen-bond donors (Lipinski definition) is 2. The van der Waals surface area contributed by atoms with Gasteiger partial charge in [0.2, 0.25) is 0 Å². The van der Waals surface area contributed by atoms with E-state index in [0.717, 1.165) is 5.56 Å². The number of halogens is 1. The van der Waals surface area contributed by atoms with Crippen molar-refractivity contribution < 1.29 is 14.7 Å². The Morgan fingerprint density at radius 2 is 2.00 bits per heavy atom. The zero-order valence-corrected chi connectivity index (χ0v) is 12.0. The van der Waals surface area contributed by atoms with Crippen LogP contribution < -0.4 is 5.32 Å². The van der Waals surface area contributed by atoms with Gasteiger partial charge in [-0.15, -0.1) is 0 Å². The van der Waals surface area contributed by atoms with Gasteiger partial charge in [-0.3, -0.25) is 4.79 Å². The van der Waals surface area contributed by atoms with Crippen LogP contribution in [0.1, 0.15) is 36.2 Å². The molecule has 0 aliphatic carbocycles. The van der Waals surface area contributed by atoms with E-state index < -0.39 is 17.9 Å². The van der Waals surface area contributed by atoms with E-state index in [-0.39, 0.29) is 5.92 Å². The second-order valence-corrected chi connectivity index (χ2v) is 5.36. The molecule has 2 N–H and O–H groups in total. The summed E-state index contributed by atoms with van der Waals surface area (Å²) >= 11 is 5.88. The summed E-state index contributed by atoms with van der Waals surface area (Å²) in [6.07, 6.45) is 0.396. The minimum absolute atomic E-state index is 0.188. The van der Waals surface area contributed by atoms with Gasteiger partial charge in [-0.25, -0.2) is 4.79 Å². The van der Waals surface area contributed by atoms with Crippen molar-refractivity contribution in [2.24, 2.45) is 5.92 Å². The third-order valence-electron chi connectivity index (χ3n) is 2.73. The van der Waals surface area contributed by atoms with Gasteiger partial charge in [-0.05, 0) is 43.0 Å². The zero-order chi connectivity index (χ0) is 14.6. The number of benzene rings is 1. The predicted octanol–water partition coefficient (Wildman–Crippen LogP) is 2.88. The lowest BCUT2D eigenvalue weighted by molar-refractivity contribution is -0.139. The number of nitrogens with one attached hydrogen (secondary N) is 1. The molecule has 4 nitrogen and oxygen atoms in total. The molecule has 5 heteroatoms. The number of hydrogen-bond acceptors (Lipinski definition) is 2. The number of aryl methyl sites for hydroxylation is 1. The molecular weight excluding hydrogens is 266 g/mol. The Balaban J connectivity index is 2.81. The second-order valence-electron chi connectivity index (χ2n) is 4.96. The number of amides is 1. The Labute approximate surface area is 117 Å². The smallest absolute Gasteiger partial charge is 0.326 e. The van der Waals surface area contributed by atoms with Gasteiger partial charge in [0.05, 0.1) is 0 Å². The minimum Gasteiger partial charge on any atom is -0.480 e. The first-order valence-electron chi connectivity index (χ1n) is 6.11. The number of rotatable bonds is 5. The van der Waals surface area contributed by atoms with Crippen LogP contribution in [0.3, 0.4) is 0 Å². The molecule has 0 saturated carbocycles. The van der Waals surface area contributed by atoms with E-state index in [9.17, 15) is 9.59 Å². The van der Waals surface area contributed by atoms with Gasteiger partial charge in [0, 0.05) is 10.6 Å². The number of carboxylic acid groups (broad SMARTS) is 1. The van der Waals surface area contributed by atoms with Crippen molar-refractivity contribution in [1.82, 2.24) is 5.32 Å². The molecule has 0 aliphatic rings. The molecular formula is C14H18ClNO3. The van der Waals surface area contributed by atoms with Crippen LogP contribution in [0, 0.1) is 12.8 Å². The van der Waals surface area contributed by atoms with E-state index in [1.54, 1.807) is 25.1 Å². The van der Waals surface area contributed by atoms with E-state index in [1.807, 2.05) is 13.8 Å². The van der Waals surface area contributed by atoms with Crippen molar-refractivity contribution >= 4 is 23.5 Å². The van der Waals surface area contributed by atoms with Crippen molar-refractivity contribution in [3.05, 3.63) is 34.3 Å². The monoisotopic (exact) mass is 283 g/mol. The molecule has 1 aromatic rings. The second kappa shape index (κ2) is 6.57. The van der Waals surface area contributed by atoms with Crippen molar-refractivity contribution in [2.75, 3.05) is 0 Å². The maximum Gasteiger partial charge on any atom is 0.326 e. The molecule has 0 aliphatic heterocycles. The molecule has 0 radical (unpaired) electrons. The topological polar surface area (TPSA) is 66.4 Å². The summed E-state index contributed by atoms with van der Waals surface area (Å²) in [6.45, 7) is 5.62. The highest BCUT2D eigenvalue weighted by atomic mass is 35.5. The van der Waals surface area contributed by atoms with Crippen LogP contribution in [0.5, 0.6) is 0 Å². The first kappa shape index (κ1) is 15.5. The first-order chi connectivity index (χ1) is 8.81. The quantitative estimate of drug-likeness (QED) is 0.873. The van der Waals surface area contributed by atoms with E-state index in [4.69, 9.17) is 16.7 Å². The van der Waals surface area contributed by atoms with Crippen molar-refractivity contribution in [1.29, 1.82) is 0 Å². The highest BCUT2D eigenvalue weighted by Gasteiger charge is 2.21. The number of carboxylic acids is 1. The van der Waals surface area contributed by atoms with Crippen molar-refractivity contribution in [3.63, 3.8) is 0 Å². The molecule has 0 spiro atoms. The lowest BCUT2D eigenvalue weighted by atomic mass is 10.0. The fraction of sp³-hybridized carbons (Fsp3) is 0.429. The highest BCUT2D eigenvalue weighted by molar-refractivity contribution is 6.31. The number of carbonyl (C=O) groups is 2. The molecule has 0 fully saturated rings. The Bertz CT molecular complexity index is 486. The maximum absolute atomic E-state index is 12.0. The van der Waals surface area contributed by atoms with E-state index in [0.29, 0.717) is 17.0 Å². The van der Waals surface area contributed by atoms with Gasteiger partial charge >= 0.3 is 5.97 Å². The lowest BCUT2D eigenvalue weighted by Gasteiger charge is -2.16. The van der Waals surface area contributed by atoms with Gasteiger partial charge in [0.15, 0.2) is 0 Å². The Morgan fingerprint density at radius 1 is 1.37 bits per heavy atom. The summed E-state index contributed by atoms with van der Waals surface area (Å²) in [5.74, 6) is -1.23. The van der Waals surface area contributed by atoms with Crippen LogP contribution in [0.2, 0.25) is 5.02 Å². The number of aliphatic carboxylic acids is 1. The van der Waals surface area contributed by atoms with Crippen LogP contribution >= 0.6 is 11.6 Å². The maximum atomic E-state index is 12.0. The van der Waals surface area contributed by atoms with Crippen LogP contribution in [-0.2, 0) is 4.79 Å². The van der Waals surface area contributed by atoms with Gasteiger partial charge in [-0.1, -0.05) is 25.4 Å². The molecule has 104 valence electrons. The largest absolute Gasteiger partial charge is 0.480 e. The SMILES string of the molecule is Cc1cc(C(=O)N[C@H](CC(C)C)C(=O)O)ccc1Cl. The zero-order valence-electron chi connectivity index (χ0n) is 11.2. The third-order valence-corrected chi connectivity index (χ3v) is 3.15. The Morgan fingerprint density at radius 3 is 2.47 bits per heavy atom. The van der Waals surface area contributed by atoms with Gasteiger partial charge in [0.25, 0.3) is 5.91 Å². The van der Waals surface area contributed by atoms with Gasteiger partial charge in [0.1, 0.15) is 6.04 Å². The molecule has 0 heterocycles. The minimum atomic E-state index is -1.02. The van der Waals surface area contributed by atoms with Gasteiger partial charge in [-0.2, -0.15) is 0 Å². The average molecular weight is 284 g/mol. The van der Waals surface area contributed by atoms with E-state index in [2.05, 4.69) is 5.32 Å².